The van der Waals surface area contributed by atoms with E-state index in [1.807, 2.05) is 6.07 Å². The molecule has 1 rings (SSSR count). The predicted octanol–water partition coefficient (Wildman–Crippen LogP) is 0.844. The van der Waals surface area contributed by atoms with Gasteiger partial charge >= 0.3 is 0 Å². The minimum absolute atomic E-state index is 0.241. The zero-order valence-electron chi connectivity index (χ0n) is 7.82. The summed E-state index contributed by atoms with van der Waals surface area (Å²) in [4.78, 5) is 11.2. The van der Waals surface area contributed by atoms with Gasteiger partial charge in [-0.05, 0) is 31.2 Å². The first-order valence-corrected chi connectivity index (χ1v) is 4.20. The zero-order valence-corrected chi connectivity index (χ0v) is 7.82. The Morgan fingerprint density at radius 2 is 2.07 bits per heavy atom. The third-order valence-corrected chi connectivity index (χ3v) is 1.70. The number of nitrogens with two attached hydrogens (primary N) is 1. The smallest absolute Gasteiger partial charge is 0.240 e. The van der Waals surface area contributed by atoms with Gasteiger partial charge in [0.15, 0.2) is 0 Å². The molecule has 0 bridgehead atoms. The predicted molar refractivity (Wildman–Crippen MR) is 53.4 cm³/mol. The quantitative estimate of drug-likeness (QED) is 0.723. The first-order chi connectivity index (χ1) is 6.63. The lowest BCUT2D eigenvalue weighted by atomic mass is 10.2. The van der Waals surface area contributed by atoms with Gasteiger partial charge in [-0.2, -0.15) is 5.26 Å². The first-order valence-electron chi connectivity index (χ1n) is 4.20. The summed E-state index contributed by atoms with van der Waals surface area (Å²) in [5.41, 5.74) is 6.58. The van der Waals surface area contributed by atoms with E-state index in [1.165, 1.54) is 0 Å². The van der Waals surface area contributed by atoms with Gasteiger partial charge < -0.3 is 11.1 Å². The molecule has 0 aliphatic rings. The number of amides is 1. The Balaban J connectivity index is 2.70. The van der Waals surface area contributed by atoms with Crippen LogP contribution >= 0.6 is 0 Å². The van der Waals surface area contributed by atoms with Crippen LogP contribution < -0.4 is 11.1 Å². The van der Waals surface area contributed by atoms with Gasteiger partial charge in [0.05, 0.1) is 17.7 Å². The van der Waals surface area contributed by atoms with E-state index in [2.05, 4.69) is 5.32 Å². The summed E-state index contributed by atoms with van der Waals surface area (Å²) in [6, 6.07) is 8.06. The molecule has 1 aromatic rings. The molecule has 0 saturated heterocycles. The van der Waals surface area contributed by atoms with E-state index in [9.17, 15) is 4.79 Å². The van der Waals surface area contributed by atoms with E-state index in [0.29, 0.717) is 11.3 Å². The molecule has 0 spiro atoms. The Kier molecular flexibility index (Phi) is 3.21. The molecule has 4 nitrogen and oxygen atoms in total. The van der Waals surface area contributed by atoms with Gasteiger partial charge in [0.25, 0.3) is 0 Å². The lowest BCUT2D eigenvalue weighted by molar-refractivity contribution is -0.117. The molecule has 1 aromatic carbocycles. The van der Waals surface area contributed by atoms with Crippen LogP contribution in [0.2, 0.25) is 0 Å². The third-order valence-electron chi connectivity index (χ3n) is 1.70. The molecule has 0 radical (unpaired) electrons. The molecule has 1 amide bonds. The average Bonchev–Trinajstić information content (AvgIpc) is 2.19. The standard InChI is InChI=1S/C10H11N3O/c1-7(12)10(14)13-9-4-2-8(6-11)3-5-9/h2-5,7H,12H2,1H3,(H,13,14). The fraction of sp³-hybridized carbons (Fsp3) is 0.200. The molecular formula is C10H11N3O. The maximum absolute atomic E-state index is 11.2. The Labute approximate surface area is 82.3 Å². The van der Waals surface area contributed by atoms with Crippen molar-refractivity contribution in [3.8, 4) is 6.07 Å². The van der Waals surface area contributed by atoms with E-state index >= 15 is 0 Å². The molecule has 0 heterocycles. The van der Waals surface area contributed by atoms with E-state index in [4.69, 9.17) is 11.0 Å². The van der Waals surface area contributed by atoms with Crippen LogP contribution in [0.25, 0.3) is 0 Å². The second kappa shape index (κ2) is 4.40. The molecule has 4 heteroatoms. The highest BCUT2D eigenvalue weighted by atomic mass is 16.2. The number of carbonyl (C=O) groups excluding carboxylic acids is 1. The van der Waals surface area contributed by atoms with Gasteiger partial charge in [0.1, 0.15) is 0 Å². The number of anilines is 1. The Hall–Kier alpha value is -1.86. The van der Waals surface area contributed by atoms with Crippen LogP contribution in [0.3, 0.4) is 0 Å². The van der Waals surface area contributed by atoms with Crippen molar-refractivity contribution in [3.63, 3.8) is 0 Å². The Morgan fingerprint density at radius 1 is 1.50 bits per heavy atom. The number of nitrogens with one attached hydrogen (secondary N) is 1. The Morgan fingerprint density at radius 3 is 2.50 bits per heavy atom. The molecule has 72 valence electrons. The number of nitriles is 1. The summed E-state index contributed by atoms with van der Waals surface area (Å²) >= 11 is 0. The Bertz CT molecular complexity index is 362. The summed E-state index contributed by atoms with van der Waals surface area (Å²) in [6.45, 7) is 1.61. The number of nitrogens with zero attached hydrogens (tertiary/aromatic N) is 1. The highest BCUT2D eigenvalue weighted by Gasteiger charge is 2.06. The minimum atomic E-state index is -0.536. The number of benzene rings is 1. The van der Waals surface area contributed by atoms with Gasteiger partial charge in [0, 0.05) is 5.69 Å². The fourth-order valence-electron chi connectivity index (χ4n) is 0.884. The van der Waals surface area contributed by atoms with Crippen LogP contribution in [0.4, 0.5) is 5.69 Å². The van der Waals surface area contributed by atoms with Crippen molar-refractivity contribution >= 4 is 11.6 Å². The maximum atomic E-state index is 11.2. The van der Waals surface area contributed by atoms with Gasteiger partial charge in [-0.3, -0.25) is 4.79 Å². The highest BCUT2D eigenvalue weighted by Crippen LogP contribution is 2.08. The summed E-state index contributed by atoms with van der Waals surface area (Å²) in [6.07, 6.45) is 0. The maximum Gasteiger partial charge on any atom is 0.240 e. The average molecular weight is 189 g/mol. The van der Waals surface area contributed by atoms with E-state index in [1.54, 1.807) is 31.2 Å². The number of hydrogen-bond donors (Lipinski definition) is 2. The summed E-state index contributed by atoms with van der Waals surface area (Å²) in [7, 11) is 0. The minimum Gasteiger partial charge on any atom is -0.325 e. The largest absolute Gasteiger partial charge is 0.325 e. The van der Waals surface area contributed by atoms with E-state index in [-0.39, 0.29) is 5.91 Å². The van der Waals surface area contributed by atoms with Gasteiger partial charge in [-0.1, -0.05) is 0 Å². The SMILES string of the molecule is CC(N)C(=O)Nc1ccc(C#N)cc1. The molecule has 0 aliphatic carbocycles. The molecule has 0 aromatic heterocycles. The van der Waals surface area contributed by atoms with E-state index in [0.717, 1.165) is 0 Å². The number of carbonyl (C=O) groups is 1. The van der Waals surface area contributed by atoms with Crippen LogP contribution in [0.15, 0.2) is 24.3 Å². The molecule has 14 heavy (non-hydrogen) atoms. The number of rotatable bonds is 2. The highest BCUT2D eigenvalue weighted by molar-refractivity contribution is 5.94. The third kappa shape index (κ3) is 2.57. The van der Waals surface area contributed by atoms with Gasteiger partial charge in [-0.15, -0.1) is 0 Å². The lowest BCUT2D eigenvalue weighted by Crippen LogP contribution is -2.32. The van der Waals surface area contributed by atoms with Crippen molar-refractivity contribution in [2.45, 2.75) is 13.0 Å². The van der Waals surface area contributed by atoms with Crippen LogP contribution in [0, 0.1) is 11.3 Å². The molecular weight excluding hydrogens is 178 g/mol. The van der Waals surface area contributed by atoms with Crippen molar-refractivity contribution in [2.24, 2.45) is 5.73 Å². The van der Waals surface area contributed by atoms with Crippen molar-refractivity contribution in [2.75, 3.05) is 5.32 Å². The molecule has 1 unspecified atom stereocenters. The lowest BCUT2D eigenvalue weighted by Gasteiger charge is -2.06. The van der Waals surface area contributed by atoms with Crippen molar-refractivity contribution < 1.29 is 4.79 Å². The van der Waals surface area contributed by atoms with Gasteiger partial charge in [0.2, 0.25) is 5.91 Å². The summed E-state index contributed by atoms with van der Waals surface area (Å²) in [5, 5.41) is 11.2. The normalized spacial score (nSPS) is 11.5. The monoisotopic (exact) mass is 189 g/mol. The topological polar surface area (TPSA) is 78.9 Å². The summed E-state index contributed by atoms with van der Waals surface area (Å²) < 4.78 is 0. The second-order valence-electron chi connectivity index (χ2n) is 2.97. The summed E-state index contributed by atoms with van der Waals surface area (Å²) in [5.74, 6) is -0.241. The first kappa shape index (κ1) is 10.2. The van der Waals surface area contributed by atoms with Crippen LogP contribution in [-0.4, -0.2) is 11.9 Å². The molecule has 0 fully saturated rings. The van der Waals surface area contributed by atoms with Crippen LogP contribution in [0.5, 0.6) is 0 Å². The van der Waals surface area contributed by atoms with Crippen LogP contribution in [-0.2, 0) is 4.79 Å². The zero-order chi connectivity index (χ0) is 10.6. The van der Waals surface area contributed by atoms with Gasteiger partial charge in [-0.25, -0.2) is 0 Å². The van der Waals surface area contributed by atoms with Crippen molar-refractivity contribution in [3.05, 3.63) is 29.8 Å². The fourth-order valence-corrected chi connectivity index (χ4v) is 0.884. The van der Waals surface area contributed by atoms with Crippen molar-refractivity contribution in [1.82, 2.24) is 0 Å². The molecule has 0 aliphatic heterocycles. The molecule has 3 N–H and O–H groups in total. The van der Waals surface area contributed by atoms with Crippen molar-refractivity contribution in [1.29, 1.82) is 5.26 Å². The van der Waals surface area contributed by atoms with E-state index < -0.39 is 6.04 Å². The molecule has 0 saturated carbocycles. The number of hydrogen-bond acceptors (Lipinski definition) is 3. The second-order valence-corrected chi connectivity index (χ2v) is 2.97. The molecule has 1 atom stereocenters. The van der Waals surface area contributed by atoms with Crippen LogP contribution in [0.1, 0.15) is 12.5 Å².